The summed E-state index contributed by atoms with van der Waals surface area (Å²) in [7, 11) is 1.51. The van der Waals surface area contributed by atoms with Gasteiger partial charge >= 0.3 is 0 Å². The van der Waals surface area contributed by atoms with Crippen LogP contribution in [-0.2, 0) is 0 Å². The number of hydrogen-bond acceptors (Lipinski definition) is 7. The normalized spacial score (nSPS) is 13.9. The molecule has 0 fully saturated rings. The third-order valence-corrected chi connectivity index (χ3v) is 4.78. The first kappa shape index (κ1) is 17.2. The molecule has 0 saturated carbocycles. The number of nitrogens with zero attached hydrogens (tertiary/aromatic N) is 6. The summed E-state index contributed by atoms with van der Waals surface area (Å²) < 4.78 is 20.8. The maximum atomic E-state index is 13.9. The molecule has 10 heteroatoms. The van der Waals surface area contributed by atoms with Gasteiger partial charge in [-0.05, 0) is 18.6 Å². The number of methoxy groups -OCH3 is 1. The molecule has 0 spiro atoms. The van der Waals surface area contributed by atoms with E-state index in [-0.39, 0.29) is 0 Å². The van der Waals surface area contributed by atoms with E-state index in [0.29, 0.717) is 46.7 Å². The van der Waals surface area contributed by atoms with Crippen molar-refractivity contribution in [2.24, 2.45) is 0 Å². The molecule has 0 atom stereocenters. The van der Waals surface area contributed by atoms with E-state index < -0.39 is 5.82 Å². The van der Waals surface area contributed by atoms with E-state index in [1.165, 1.54) is 13.2 Å². The van der Waals surface area contributed by atoms with E-state index >= 15 is 0 Å². The van der Waals surface area contributed by atoms with Gasteiger partial charge in [-0.1, -0.05) is 6.08 Å². The van der Waals surface area contributed by atoms with Crippen LogP contribution in [0, 0.1) is 5.82 Å². The molecule has 0 unspecified atom stereocenters. The summed E-state index contributed by atoms with van der Waals surface area (Å²) in [6, 6.07) is 3.25. The second-order valence-electron chi connectivity index (χ2n) is 6.49. The van der Waals surface area contributed by atoms with Gasteiger partial charge in [0.15, 0.2) is 11.5 Å². The van der Waals surface area contributed by atoms with E-state index in [9.17, 15) is 4.39 Å². The van der Waals surface area contributed by atoms with Crippen LogP contribution in [0.5, 0.6) is 5.88 Å². The number of anilines is 2. The number of hydrogen-bond donors (Lipinski definition) is 2. The third-order valence-electron chi connectivity index (χ3n) is 4.78. The van der Waals surface area contributed by atoms with Gasteiger partial charge in [-0.15, -0.1) is 5.10 Å². The molecule has 0 radical (unpaired) electrons. The number of nitrogens with one attached hydrogen (secondary N) is 1. The Balaban J connectivity index is 1.62. The molecule has 0 aliphatic carbocycles. The van der Waals surface area contributed by atoms with Gasteiger partial charge in [0.2, 0.25) is 5.88 Å². The second kappa shape index (κ2) is 6.59. The van der Waals surface area contributed by atoms with E-state index in [4.69, 9.17) is 15.5 Å². The Morgan fingerprint density at radius 2 is 2.21 bits per heavy atom. The van der Waals surface area contributed by atoms with E-state index in [0.717, 1.165) is 18.3 Å². The predicted octanol–water partition coefficient (Wildman–Crippen LogP) is 2.50. The van der Waals surface area contributed by atoms with Gasteiger partial charge in [0, 0.05) is 25.1 Å². The molecule has 1 aliphatic rings. The molecular formula is C19H17FN8O. The third kappa shape index (κ3) is 2.76. The number of ether oxygens (including phenoxy) is 1. The zero-order valence-electron chi connectivity index (χ0n) is 15.5. The highest BCUT2D eigenvalue weighted by Crippen LogP contribution is 2.35. The Hall–Kier alpha value is -3.95. The summed E-state index contributed by atoms with van der Waals surface area (Å²) in [6.07, 6.45) is 9.09. The standard InChI is InChI=1S/C19H17FN8O/c1-29-19-12(9-11(20)10-24-19)13-3-2-7-27(13)14-4-8-28-18(25-14)15(16(21)26-28)17-22-5-6-23-17/h3-6,8-10H,2,7H2,1H3,(H2,21,26)(H,22,23). The number of fused-ring (bicyclic) bond motifs is 1. The molecular weight excluding hydrogens is 375 g/mol. The van der Waals surface area contributed by atoms with E-state index in [1.54, 1.807) is 23.1 Å². The molecule has 0 bridgehead atoms. The first-order valence-electron chi connectivity index (χ1n) is 8.98. The first-order valence-corrected chi connectivity index (χ1v) is 8.98. The predicted molar refractivity (Wildman–Crippen MR) is 106 cm³/mol. The number of H-pyrrole nitrogens is 1. The van der Waals surface area contributed by atoms with Crippen LogP contribution in [0.1, 0.15) is 12.0 Å². The lowest BCUT2D eigenvalue weighted by Gasteiger charge is -2.22. The number of aromatic nitrogens is 6. The van der Waals surface area contributed by atoms with Crippen molar-refractivity contribution >= 4 is 23.0 Å². The Bertz CT molecular complexity index is 1230. The zero-order chi connectivity index (χ0) is 20.0. The molecule has 146 valence electrons. The maximum absolute atomic E-state index is 13.9. The van der Waals surface area contributed by atoms with Crippen molar-refractivity contribution in [3.8, 4) is 17.3 Å². The monoisotopic (exact) mass is 392 g/mol. The zero-order valence-corrected chi connectivity index (χ0v) is 15.5. The van der Waals surface area contributed by atoms with Crippen LogP contribution < -0.4 is 15.4 Å². The Morgan fingerprint density at radius 3 is 3.00 bits per heavy atom. The Morgan fingerprint density at radius 1 is 1.31 bits per heavy atom. The largest absolute Gasteiger partial charge is 0.481 e. The highest BCUT2D eigenvalue weighted by atomic mass is 19.1. The van der Waals surface area contributed by atoms with Crippen molar-refractivity contribution in [2.75, 3.05) is 24.3 Å². The fourth-order valence-corrected chi connectivity index (χ4v) is 3.54. The van der Waals surface area contributed by atoms with Crippen molar-refractivity contribution in [3.05, 3.63) is 54.4 Å². The Labute approximate surface area is 164 Å². The van der Waals surface area contributed by atoms with Crippen molar-refractivity contribution in [1.82, 2.24) is 29.5 Å². The van der Waals surface area contributed by atoms with Gasteiger partial charge in [-0.25, -0.2) is 23.9 Å². The van der Waals surface area contributed by atoms with Crippen LogP contribution in [0.2, 0.25) is 0 Å². The minimum Gasteiger partial charge on any atom is -0.481 e. The minimum absolute atomic E-state index is 0.331. The fraction of sp³-hybridized carbons (Fsp3) is 0.158. The molecule has 0 saturated heterocycles. The number of nitrogen functional groups attached to an aromatic ring is 1. The van der Waals surface area contributed by atoms with E-state index in [2.05, 4.69) is 20.1 Å². The summed E-state index contributed by atoms with van der Waals surface area (Å²) in [5, 5.41) is 4.31. The molecule has 5 rings (SSSR count). The minimum atomic E-state index is -0.430. The number of halogens is 1. The smallest absolute Gasteiger partial charge is 0.222 e. The quantitative estimate of drug-likeness (QED) is 0.549. The summed E-state index contributed by atoms with van der Waals surface area (Å²) in [5.41, 5.74) is 8.67. The van der Waals surface area contributed by atoms with Crippen LogP contribution in [0.3, 0.4) is 0 Å². The SMILES string of the molecule is COc1ncc(F)cc1C1=CCCN1c1ccn2nc(N)c(-c3ncc[nH]3)c2n1. The first-order chi connectivity index (χ1) is 14.2. The van der Waals surface area contributed by atoms with Crippen LogP contribution in [0.4, 0.5) is 16.0 Å². The summed E-state index contributed by atoms with van der Waals surface area (Å²) in [6.45, 7) is 0.692. The molecule has 0 aromatic carbocycles. The van der Waals surface area contributed by atoms with Crippen LogP contribution in [0.15, 0.2) is 43.0 Å². The lowest BCUT2D eigenvalue weighted by atomic mass is 10.2. The topological polar surface area (TPSA) is 110 Å². The average molecular weight is 392 g/mol. The molecule has 1 aliphatic heterocycles. The number of nitrogens with two attached hydrogens (primary N) is 1. The molecule has 5 heterocycles. The summed E-state index contributed by atoms with van der Waals surface area (Å²) >= 11 is 0. The van der Waals surface area contributed by atoms with Crippen LogP contribution in [-0.4, -0.2) is 43.2 Å². The number of rotatable bonds is 4. The molecule has 9 nitrogen and oxygen atoms in total. The van der Waals surface area contributed by atoms with Crippen molar-refractivity contribution in [2.45, 2.75) is 6.42 Å². The maximum Gasteiger partial charge on any atom is 0.222 e. The highest BCUT2D eigenvalue weighted by molar-refractivity contribution is 5.86. The van der Waals surface area contributed by atoms with Crippen molar-refractivity contribution in [1.29, 1.82) is 0 Å². The van der Waals surface area contributed by atoms with Crippen LogP contribution >= 0.6 is 0 Å². The molecule has 3 N–H and O–H groups in total. The highest BCUT2D eigenvalue weighted by Gasteiger charge is 2.25. The molecule has 4 aromatic rings. The number of pyridine rings is 1. The van der Waals surface area contributed by atoms with Gasteiger partial charge in [0.25, 0.3) is 0 Å². The second-order valence-corrected chi connectivity index (χ2v) is 6.49. The molecule has 29 heavy (non-hydrogen) atoms. The number of imidazole rings is 1. The van der Waals surface area contributed by atoms with Gasteiger partial charge in [-0.3, -0.25) is 0 Å². The number of aromatic amines is 1. The molecule has 4 aromatic heterocycles. The van der Waals surface area contributed by atoms with Gasteiger partial charge in [0.1, 0.15) is 23.0 Å². The average Bonchev–Trinajstić information content (AvgIpc) is 3.46. The Kier molecular flexibility index (Phi) is 3.90. The van der Waals surface area contributed by atoms with Crippen molar-refractivity contribution in [3.63, 3.8) is 0 Å². The lowest BCUT2D eigenvalue weighted by Crippen LogP contribution is -2.20. The van der Waals surface area contributed by atoms with Crippen LogP contribution in [0.25, 0.3) is 22.7 Å². The lowest BCUT2D eigenvalue weighted by molar-refractivity contribution is 0.394. The van der Waals surface area contributed by atoms with Gasteiger partial charge in [-0.2, -0.15) is 0 Å². The summed E-state index contributed by atoms with van der Waals surface area (Å²) in [4.78, 5) is 18.1. The van der Waals surface area contributed by atoms with Crippen molar-refractivity contribution < 1.29 is 9.13 Å². The molecule has 0 amide bonds. The van der Waals surface area contributed by atoms with E-state index in [1.807, 2.05) is 17.0 Å². The summed E-state index contributed by atoms with van der Waals surface area (Å²) in [5.74, 6) is 1.53. The van der Waals surface area contributed by atoms with Gasteiger partial charge < -0.3 is 20.4 Å². The fourth-order valence-electron chi connectivity index (χ4n) is 3.54. The van der Waals surface area contributed by atoms with Gasteiger partial charge in [0.05, 0.1) is 24.6 Å².